The maximum Gasteiger partial charge on any atom is 0.274 e. The number of carbonyl (C=O) groups is 2. The molecule has 3 heterocycles. The number of hydrogen-bond donors (Lipinski definition) is 2. The third-order valence-electron chi connectivity index (χ3n) is 7.41. The Morgan fingerprint density at radius 2 is 1.89 bits per heavy atom. The Balaban J connectivity index is 1.43. The smallest absolute Gasteiger partial charge is 0.274 e. The summed E-state index contributed by atoms with van der Waals surface area (Å²) in [6, 6.07) is 1.19. The molecular formula is C26H32F2N6O3. The van der Waals surface area contributed by atoms with E-state index in [0.29, 0.717) is 29.2 Å². The van der Waals surface area contributed by atoms with Gasteiger partial charge in [-0.25, -0.2) is 18.3 Å². The summed E-state index contributed by atoms with van der Waals surface area (Å²) in [5.41, 5.74) is 2.75. The standard InChI is InChI=1S/C26H32F2N6O3/c1-3-4-21(35)31-23(16-5-6-16)18-11-20-30-19(13-34(20)29-12-18)24(17-7-9-26(27,28)10-8-17)32-25(36)22-15(2)14-37-33-22/h11-14,16-17,23-24H,3-10H2,1-2H3,(H,31,35)(H,32,36)/t23-,24+/m1/s1. The minimum atomic E-state index is -2.69. The van der Waals surface area contributed by atoms with E-state index in [2.05, 4.69) is 20.9 Å². The Morgan fingerprint density at radius 1 is 1.16 bits per heavy atom. The molecule has 2 N–H and O–H groups in total. The molecule has 0 aromatic carbocycles. The third-order valence-corrected chi connectivity index (χ3v) is 7.41. The summed E-state index contributed by atoms with van der Waals surface area (Å²) in [7, 11) is 0. The number of aromatic nitrogens is 4. The molecule has 2 atom stereocenters. The minimum absolute atomic E-state index is 0.0170. The Hall–Kier alpha value is -3.37. The number of alkyl halides is 2. The van der Waals surface area contributed by atoms with Crippen LogP contribution in [0.4, 0.5) is 8.78 Å². The number of nitrogens with one attached hydrogen (secondary N) is 2. The van der Waals surface area contributed by atoms with Gasteiger partial charge in [-0.1, -0.05) is 12.1 Å². The molecule has 2 saturated carbocycles. The van der Waals surface area contributed by atoms with Gasteiger partial charge in [-0.05, 0) is 62.5 Å². The van der Waals surface area contributed by atoms with Crippen molar-refractivity contribution in [1.29, 1.82) is 0 Å². The average Bonchev–Trinajstić information content (AvgIpc) is 3.47. The Morgan fingerprint density at radius 3 is 2.54 bits per heavy atom. The van der Waals surface area contributed by atoms with E-state index >= 15 is 0 Å². The van der Waals surface area contributed by atoms with Crippen LogP contribution >= 0.6 is 0 Å². The molecule has 11 heteroatoms. The van der Waals surface area contributed by atoms with Crippen molar-refractivity contribution in [3.8, 4) is 0 Å². The first-order valence-corrected chi connectivity index (χ1v) is 13.0. The highest BCUT2D eigenvalue weighted by molar-refractivity contribution is 5.93. The normalized spacial score (nSPS) is 19.5. The van der Waals surface area contributed by atoms with E-state index in [9.17, 15) is 18.4 Å². The molecule has 2 fully saturated rings. The van der Waals surface area contributed by atoms with Gasteiger partial charge in [-0.2, -0.15) is 5.10 Å². The molecule has 3 aromatic rings. The maximum absolute atomic E-state index is 13.9. The highest BCUT2D eigenvalue weighted by atomic mass is 19.3. The SMILES string of the molecule is CCCC(=O)N[C@@H](c1cnn2cc([C@@H](NC(=O)c3nocc3C)C3CCC(F)(F)CC3)nc2c1)C1CC1. The molecular weight excluding hydrogens is 482 g/mol. The van der Waals surface area contributed by atoms with E-state index in [1.165, 1.54) is 6.26 Å². The van der Waals surface area contributed by atoms with Crippen LogP contribution in [0.25, 0.3) is 5.65 Å². The molecule has 0 radical (unpaired) electrons. The van der Waals surface area contributed by atoms with E-state index in [1.54, 1.807) is 23.8 Å². The van der Waals surface area contributed by atoms with Gasteiger partial charge in [0.25, 0.3) is 5.91 Å². The second kappa shape index (κ2) is 10.2. The summed E-state index contributed by atoms with van der Waals surface area (Å²) in [4.78, 5) is 30.1. The number of hydrogen-bond acceptors (Lipinski definition) is 6. The lowest BCUT2D eigenvalue weighted by molar-refractivity contribution is -0.122. The summed E-state index contributed by atoms with van der Waals surface area (Å²) in [5, 5.41) is 14.4. The maximum atomic E-state index is 13.9. The molecule has 2 aliphatic rings. The van der Waals surface area contributed by atoms with Crippen molar-refractivity contribution in [2.45, 2.75) is 83.2 Å². The van der Waals surface area contributed by atoms with Crippen LogP contribution in [-0.4, -0.2) is 37.5 Å². The molecule has 3 aromatic heterocycles. The van der Waals surface area contributed by atoms with Crippen molar-refractivity contribution in [1.82, 2.24) is 30.4 Å². The summed E-state index contributed by atoms with van der Waals surface area (Å²) in [6.07, 6.45) is 8.25. The zero-order chi connectivity index (χ0) is 26.2. The largest absolute Gasteiger partial charge is 0.364 e. The lowest BCUT2D eigenvalue weighted by Crippen LogP contribution is -2.37. The van der Waals surface area contributed by atoms with Crippen molar-refractivity contribution in [2.75, 3.05) is 0 Å². The van der Waals surface area contributed by atoms with Crippen LogP contribution < -0.4 is 10.6 Å². The number of nitrogens with zero attached hydrogens (tertiary/aromatic N) is 4. The summed E-state index contributed by atoms with van der Waals surface area (Å²) in [6.45, 7) is 3.69. The van der Waals surface area contributed by atoms with E-state index in [0.717, 1.165) is 24.8 Å². The number of imidazole rings is 1. The first-order valence-electron chi connectivity index (χ1n) is 13.0. The summed E-state index contributed by atoms with van der Waals surface area (Å²) in [5.74, 6) is -2.95. The van der Waals surface area contributed by atoms with Gasteiger partial charge in [-0.3, -0.25) is 9.59 Å². The predicted octanol–water partition coefficient (Wildman–Crippen LogP) is 4.69. The number of fused-ring (bicyclic) bond motifs is 1. The van der Waals surface area contributed by atoms with Gasteiger partial charge in [-0.15, -0.1) is 0 Å². The first-order chi connectivity index (χ1) is 17.7. The van der Waals surface area contributed by atoms with Gasteiger partial charge in [0.1, 0.15) is 6.26 Å². The highest BCUT2D eigenvalue weighted by Crippen LogP contribution is 2.42. The van der Waals surface area contributed by atoms with Gasteiger partial charge < -0.3 is 15.2 Å². The fraction of sp³-hybridized carbons (Fsp3) is 0.577. The fourth-order valence-electron chi connectivity index (χ4n) is 5.15. The van der Waals surface area contributed by atoms with Crippen LogP contribution in [0.5, 0.6) is 0 Å². The van der Waals surface area contributed by atoms with Gasteiger partial charge in [0.05, 0.1) is 30.2 Å². The van der Waals surface area contributed by atoms with Crippen LogP contribution in [0.3, 0.4) is 0 Å². The molecule has 37 heavy (non-hydrogen) atoms. The predicted molar refractivity (Wildman–Crippen MR) is 130 cm³/mol. The molecule has 9 nitrogen and oxygen atoms in total. The van der Waals surface area contributed by atoms with Gasteiger partial charge in [0.15, 0.2) is 11.3 Å². The highest BCUT2D eigenvalue weighted by Gasteiger charge is 2.40. The third kappa shape index (κ3) is 5.65. The van der Waals surface area contributed by atoms with Gasteiger partial charge in [0, 0.05) is 24.8 Å². The van der Waals surface area contributed by atoms with Crippen molar-refractivity contribution in [2.24, 2.45) is 11.8 Å². The molecule has 0 saturated heterocycles. The number of rotatable bonds is 9. The van der Waals surface area contributed by atoms with Crippen LogP contribution in [0.1, 0.15) is 97.7 Å². The van der Waals surface area contributed by atoms with E-state index in [4.69, 9.17) is 9.51 Å². The van der Waals surface area contributed by atoms with Crippen molar-refractivity contribution in [3.63, 3.8) is 0 Å². The second-order valence-corrected chi connectivity index (χ2v) is 10.4. The van der Waals surface area contributed by atoms with Crippen LogP contribution in [0, 0.1) is 18.8 Å². The molecule has 0 spiro atoms. The molecule has 2 aliphatic carbocycles. The Labute approximate surface area is 213 Å². The zero-order valence-corrected chi connectivity index (χ0v) is 21.0. The number of amides is 2. The lowest BCUT2D eigenvalue weighted by Gasteiger charge is -2.33. The quantitative estimate of drug-likeness (QED) is 0.428. The minimum Gasteiger partial charge on any atom is -0.364 e. The monoisotopic (exact) mass is 514 g/mol. The van der Waals surface area contributed by atoms with E-state index in [1.807, 2.05) is 13.0 Å². The molecule has 198 valence electrons. The van der Waals surface area contributed by atoms with Crippen LogP contribution in [0.2, 0.25) is 0 Å². The Kier molecular flexibility index (Phi) is 6.96. The molecule has 0 bridgehead atoms. The van der Waals surface area contributed by atoms with Gasteiger partial charge in [0.2, 0.25) is 11.8 Å². The van der Waals surface area contributed by atoms with Crippen molar-refractivity contribution in [3.05, 3.63) is 47.2 Å². The molecule has 2 amide bonds. The topological polar surface area (TPSA) is 114 Å². The van der Waals surface area contributed by atoms with Crippen LogP contribution in [0.15, 0.2) is 29.2 Å². The van der Waals surface area contributed by atoms with E-state index in [-0.39, 0.29) is 49.2 Å². The number of carbonyl (C=O) groups excluding carboxylic acids is 2. The Bertz CT molecular complexity index is 1270. The number of halogens is 2. The van der Waals surface area contributed by atoms with Crippen molar-refractivity contribution < 1.29 is 22.9 Å². The summed E-state index contributed by atoms with van der Waals surface area (Å²) < 4.78 is 34.3. The molecule has 0 aliphatic heterocycles. The lowest BCUT2D eigenvalue weighted by atomic mass is 9.81. The number of aryl methyl sites for hydroxylation is 1. The zero-order valence-electron chi connectivity index (χ0n) is 21.0. The van der Waals surface area contributed by atoms with Gasteiger partial charge >= 0.3 is 0 Å². The molecule has 5 rings (SSSR count). The first kappa shape index (κ1) is 25.3. The van der Waals surface area contributed by atoms with E-state index < -0.39 is 17.9 Å². The summed E-state index contributed by atoms with van der Waals surface area (Å²) >= 11 is 0. The average molecular weight is 515 g/mol. The fourth-order valence-corrected chi connectivity index (χ4v) is 5.15. The molecule has 0 unspecified atom stereocenters. The van der Waals surface area contributed by atoms with Crippen LogP contribution in [-0.2, 0) is 4.79 Å². The van der Waals surface area contributed by atoms with Crippen molar-refractivity contribution >= 4 is 17.5 Å². The second-order valence-electron chi connectivity index (χ2n) is 10.4.